The summed E-state index contributed by atoms with van der Waals surface area (Å²) in [6.07, 6.45) is 4.90. The van der Waals surface area contributed by atoms with E-state index in [1.165, 1.54) is 17.1 Å². The third kappa shape index (κ3) is 2.33. The van der Waals surface area contributed by atoms with E-state index in [2.05, 4.69) is 13.8 Å². The maximum Gasteiger partial charge on any atom is 0.254 e. The molecule has 0 radical (unpaired) electrons. The molecule has 1 amide bonds. The minimum Gasteiger partial charge on any atom is -0.333 e. The number of carbonyl (C=O) groups excluding carboxylic acids is 1. The van der Waals surface area contributed by atoms with Crippen molar-refractivity contribution in [3.63, 3.8) is 0 Å². The lowest BCUT2D eigenvalue weighted by Gasteiger charge is -2.39. The first-order valence-corrected chi connectivity index (χ1v) is 6.50. The lowest BCUT2D eigenvalue weighted by atomic mass is 9.96. The highest BCUT2D eigenvalue weighted by Gasteiger charge is 2.29. The number of pyridine rings is 1. The summed E-state index contributed by atoms with van der Waals surface area (Å²) in [4.78, 5) is 26.0. The number of aryl methyl sites for hydroxylation is 1. The molecule has 0 spiro atoms. The summed E-state index contributed by atoms with van der Waals surface area (Å²) in [5, 5.41) is 0. The Hall–Kier alpha value is -1.58. The average Bonchev–Trinajstić information content (AvgIpc) is 2.32. The largest absolute Gasteiger partial charge is 0.333 e. The molecule has 98 valence electrons. The summed E-state index contributed by atoms with van der Waals surface area (Å²) >= 11 is 0. The highest BCUT2D eigenvalue weighted by molar-refractivity contribution is 5.94. The van der Waals surface area contributed by atoms with Crippen molar-refractivity contribution in [3.8, 4) is 0 Å². The molecule has 0 N–H and O–H groups in total. The first kappa shape index (κ1) is 12.9. The Morgan fingerprint density at radius 2 is 1.89 bits per heavy atom. The van der Waals surface area contributed by atoms with Crippen LogP contribution in [0.25, 0.3) is 0 Å². The second-order valence-electron chi connectivity index (χ2n) is 5.21. The van der Waals surface area contributed by atoms with Crippen molar-refractivity contribution in [2.24, 2.45) is 7.05 Å². The van der Waals surface area contributed by atoms with Crippen molar-refractivity contribution < 1.29 is 4.79 Å². The van der Waals surface area contributed by atoms with E-state index in [0.717, 1.165) is 12.8 Å². The van der Waals surface area contributed by atoms with E-state index in [1.54, 1.807) is 19.3 Å². The fourth-order valence-corrected chi connectivity index (χ4v) is 2.65. The molecule has 1 fully saturated rings. The average molecular weight is 248 g/mol. The highest BCUT2D eigenvalue weighted by atomic mass is 16.2. The van der Waals surface area contributed by atoms with E-state index in [1.807, 2.05) is 4.90 Å². The van der Waals surface area contributed by atoms with Crippen LogP contribution in [0, 0.1) is 0 Å². The molecule has 2 atom stereocenters. The molecule has 2 unspecified atom stereocenters. The van der Waals surface area contributed by atoms with E-state index in [0.29, 0.717) is 5.56 Å². The standard InChI is InChI=1S/C14H20N2O2/c1-10-5-4-6-11(2)16(10)14(18)12-7-8-15(3)13(17)9-12/h7-11H,4-6H2,1-3H3. The van der Waals surface area contributed by atoms with Gasteiger partial charge in [-0.25, -0.2) is 0 Å². The first-order chi connectivity index (χ1) is 8.50. The van der Waals surface area contributed by atoms with Gasteiger partial charge in [-0.05, 0) is 39.2 Å². The number of hydrogen-bond donors (Lipinski definition) is 0. The van der Waals surface area contributed by atoms with Crippen LogP contribution in [-0.4, -0.2) is 27.5 Å². The summed E-state index contributed by atoms with van der Waals surface area (Å²) in [7, 11) is 1.68. The van der Waals surface area contributed by atoms with Gasteiger partial charge in [0.15, 0.2) is 0 Å². The van der Waals surface area contributed by atoms with Crippen LogP contribution in [0.4, 0.5) is 0 Å². The van der Waals surface area contributed by atoms with Crippen LogP contribution in [0.15, 0.2) is 23.1 Å². The lowest BCUT2D eigenvalue weighted by Crippen LogP contribution is -2.47. The van der Waals surface area contributed by atoms with Crippen molar-refractivity contribution in [2.75, 3.05) is 0 Å². The Morgan fingerprint density at radius 1 is 1.28 bits per heavy atom. The molecular weight excluding hydrogens is 228 g/mol. The maximum atomic E-state index is 12.5. The minimum absolute atomic E-state index is 0.0209. The fraction of sp³-hybridized carbons (Fsp3) is 0.571. The number of aromatic nitrogens is 1. The van der Waals surface area contributed by atoms with Gasteiger partial charge in [-0.2, -0.15) is 0 Å². The molecule has 0 aromatic carbocycles. The van der Waals surface area contributed by atoms with Crippen molar-refractivity contribution in [1.82, 2.24) is 9.47 Å². The number of likely N-dealkylation sites (tertiary alicyclic amines) is 1. The minimum atomic E-state index is -0.141. The van der Waals surface area contributed by atoms with Gasteiger partial charge in [0.1, 0.15) is 0 Å². The smallest absolute Gasteiger partial charge is 0.254 e. The number of hydrogen-bond acceptors (Lipinski definition) is 2. The van der Waals surface area contributed by atoms with E-state index >= 15 is 0 Å². The zero-order valence-electron chi connectivity index (χ0n) is 11.2. The van der Waals surface area contributed by atoms with Gasteiger partial charge >= 0.3 is 0 Å². The molecule has 18 heavy (non-hydrogen) atoms. The summed E-state index contributed by atoms with van der Waals surface area (Å²) in [5.74, 6) is -0.0209. The molecule has 1 aliphatic heterocycles. The second kappa shape index (κ2) is 4.96. The van der Waals surface area contributed by atoms with Gasteiger partial charge in [0, 0.05) is 37.0 Å². The second-order valence-corrected chi connectivity index (χ2v) is 5.21. The molecule has 0 saturated carbocycles. The topological polar surface area (TPSA) is 42.3 Å². The monoisotopic (exact) mass is 248 g/mol. The van der Waals surface area contributed by atoms with Crippen LogP contribution in [0.3, 0.4) is 0 Å². The molecule has 0 bridgehead atoms. The number of nitrogens with zero attached hydrogens (tertiary/aromatic N) is 2. The summed E-state index contributed by atoms with van der Waals surface area (Å²) in [6.45, 7) is 4.16. The molecule has 1 saturated heterocycles. The zero-order valence-corrected chi connectivity index (χ0v) is 11.2. The molecule has 0 aliphatic carbocycles. The Labute approximate surface area is 107 Å². The fourth-order valence-electron chi connectivity index (χ4n) is 2.65. The number of piperidine rings is 1. The Morgan fingerprint density at radius 3 is 2.44 bits per heavy atom. The molecule has 1 aromatic rings. The van der Waals surface area contributed by atoms with Crippen LogP contribution in [0.1, 0.15) is 43.5 Å². The van der Waals surface area contributed by atoms with Gasteiger partial charge in [0.25, 0.3) is 11.5 Å². The Bertz CT molecular complexity index is 497. The normalized spacial score (nSPS) is 24.1. The quantitative estimate of drug-likeness (QED) is 0.760. The van der Waals surface area contributed by atoms with Gasteiger partial charge in [-0.1, -0.05) is 0 Å². The molecule has 4 heteroatoms. The summed E-state index contributed by atoms with van der Waals surface area (Å²) < 4.78 is 1.47. The van der Waals surface area contributed by atoms with Gasteiger partial charge in [0.2, 0.25) is 0 Å². The van der Waals surface area contributed by atoms with Crippen molar-refractivity contribution in [2.45, 2.75) is 45.2 Å². The molecule has 2 heterocycles. The van der Waals surface area contributed by atoms with Crippen LogP contribution in [-0.2, 0) is 7.05 Å². The van der Waals surface area contributed by atoms with Gasteiger partial charge in [-0.3, -0.25) is 9.59 Å². The zero-order chi connectivity index (χ0) is 13.3. The summed E-state index contributed by atoms with van der Waals surface area (Å²) in [5.41, 5.74) is 0.358. The van der Waals surface area contributed by atoms with E-state index in [9.17, 15) is 9.59 Å². The maximum absolute atomic E-state index is 12.5. The SMILES string of the molecule is CC1CCCC(C)N1C(=O)c1ccn(C)c(=O)c1. The van der Waals surface area contributed by atoms with Gasteiger partial charge in [-0.15, -0.1) is 0 Å². The van der Waals surface area contributed by atoms with Crippen molar-refractivity contribution >= 4 is 5.91 Å². The van der Waals surface area contributed by atoms with Crippen LogP contribution in [0.5, 0.6) is 0 Å². The molecule has 2 rings (SSSR count). The first-order valence-electron chi connectivity index (χ1n) is 6.50. The van der Waals surface area contributed by atoms with E-state index < -0.39 is 0 Å². The number of amides is 1. The molecule has 4 nitrogen and oxygen atoms in total. The van der Waals surface area contributed by atoms with Gasteiger partial charge in [0.05, 0.1) is 0 Å². The van der Waals surface area contributed by atoms with E-state index in [4.69, 9.17) is 0 Å². The number of rotatable bonds is 1. The van der Waals surface area contributed by atoms with Crippen LogP contribution >= 0.6 is 0 Å². The predicted molar refractivity (Wildman–Crippen MR) is 70.6 cm³/mol. The van der Waals surface area contributed by atoms with Crippen molar-refractivity contribution in [3.05, 3.63) is 34.2 Å². The van der Waals surface area contributed by atoms with Crippen LogP contribution in [0.2, 0.25) is 0 Å². The molecule has 1 aliphatic rings. The highest BCUT2D eigenvalue weighted by Crippen LogP contribution is 2.24. The van der Waals surface area contributed by atoms with E-state index in [-0.39, 0.29) is 23.6 Å². The third-order valence-corrected chi connectivity index (χ3v) is 3.78. The van der Waals surface area contributed by atoms with Crippen molar-refractivity contribution in [1.29, 1.82) is 0 Å². The number of carbonyl (C=O) groups is 1. The third-order valence-electron chi connectivity index (χ3n) is 3.78. The predicted octanol–water partition coefficient (Wildman–Crippen LogP) is 1.79. The molecule has 1 aromatic heterocycles. The van der Waals surface area contributed by atoms with Crippen LogP contribution < -0.4 is 5.56 Å². The Balaban J connectivity index is 2.29. The molecular formula is C14H20N2O2. The van der Waals surface area contributed by atoms with Gasteiger partial charge < -0.3 is 9.47 Å². The summed E-state index contributed by atoms with van der Waals surface area (Å²) in [6, 6.07) is 3.66. The Kier molecular flexibility index (Phi) is 3.55. The lowest BCUT2D eigenvalue weighted by molar-refractivity contribution is 0.0510.